The highest BCUT2D eigenvalue weighted by Crippen LogP contribution is 2.31. The maximum absolute atomic E-state index is 12.7. The first-order valence-electron chi connectivity index (χ1n) is 8.09. The number of nitrogens with one attached hydrogen (secondary N) is 1. The molecule has 4 nitrogen and oxygen atoms in total. The minimum Gasteiger partial charge on any atom is -0.330 e. The molecule has 1 aliphatic heterocycles. The fourth-order valence-corrected chi connectivity index (χ4v) is 3.13. The number of piperidine rings is 1. The summed E-state index contributed by atoms with van der Waals surface area (Å²) in [5.74, 6) is 0.597. The second-order valence-electron chi connectivity index (χ2n) is 6.30. The van der Waals surface area contributed by atoms with Crippen LogP contribution in [0.15, 0.2) is 30.5 Å². The topological polar surface area (TPSA) is 57.9 Å². The van der Waals surface area contributed by atoms with Gasteiger partial charge in [0, 0.05) is 12.1 Å². The minimum atomic E-state index is -4.32. The smallest absolute Gasteiger partial charge is 0.330 e. The summed E-state index contributed by atoms with van der Waals surface area (Å²) < 4.78 is 38.0. The van der Waals surface area contributed by atoms with Crippen LogP contribution in [0.2, 0.25) is 0 Å². The summed E-state index contributed by atoms with van der Waals surface area (Å²) >= 11 is 0. The molecule has 0 saturated carbocycles. The van der Waals surface area contributed by atoms with Crippen molar-refractivity contribution in [3.63, 3.8) is 0 Å². The lowest BCUT2D eigenvalue weighted by atomic mass is 9.96. The molecule has 0 amide bonds. The van der Waals surface area contributed by atoms with Crippen molar-refractivity contribution in [3.05, 3.63) is 41.6 Å². The summed E-state index contributed by atoms with van der Waals surface area (Å²) in [6, 6.07) is 5.18. The summed E-state index contributed by atoms with van der Waals surface area (Å²) in [6.07, 6.45) is -0.390. The van der Waals surface area contributed by atoms with Crippen molar-refractivity contribution in [1.82, 2.24) is 15.1 Å². The normalized spacial score (nSPS) is 17.3. The predicted octanol–water partition coefficient (Wildman–Crippen LogP) is 3.27. The van der Waals surface area contributed by atoms with Crippen LogP contribution in [-0.4, -0.2) is 34.7 Å². The molecule has 1 saturated heterocycles. The van der Waals surface area contributed by atoms with Crippen LogP contribution in [0.4, 0.5) is 13.2 Å². The van der Waals surface area contributed by atoms with Crippen LogP contribution < -0.4 is 5.73 Å². The average Bonchev–Trinajstić information content (AvgIpc) is 3.03. The molecular weight excluding hydrogens is 317 g/mol. The lowest BCUT2D eigenvalue weighted by Gasteiger charge is -2.31. The summed E-state index contributed by atoms with van der Waals surface area (Å²) in [7, 11) is 0. The number of nitrogens with zero attached hydrogens (tertiary/aromatic N) is 2. The highest BCUT2D eigenvalue weighted by molar-refractivity contribution is 5.63. The molecule has 0 aliphatic carbocycles. The molecule has 3 N–H and O–H groups in total. The number of benzene rings is 1. The molecular formula is C17H21F3N4. The van der Waals surface area contributed by atoms with Crippen LogP contribution in [0.3, 0.4) is 0 Å². The van der Waals surface area contributed by atoms with E-state index in [-0.39, 0.29) is 0 Å². The molecule has 1 aliphatic rings. The van der Waals surface area contributed by atoms with Gasteiger partial charge >= 0.3 is 6.18 Å². The van der Waals surface area contributed by atoms with Gasteiger partial charge in [-0.25, -0.2) is 0 Å². The van der Waals surface area contributed by atoms with Gasteiger partial charge in [0.25, 0.3) is 0 Å². The Morgan fingerprint density at radius 2 is 1.83 bits per heavy atom. The number of halogens is 3. The number of hydrogen-bond donors (Lipinski definition) is 2. The number of nitrogens with two attached hydrogens (primary N) is 1. The van der Waals surface area contributed by atoms with E-state index in [9.17, 15) is 13.2 Å². The molecule has 7 heteroatoms. The Labute approximate surface area is 138 Å². The largest absolute Gasteiger partial charge is 0.416 e. The van der Waals surface area contributed by atoms with Crippen LogP contribution >= 0.6 is 0 Å². The highest BCUT2D eigenvalue weighted by Gasteiger charge is 2.30. The van der Waals surface area contributed by atoms with Crippen molar-refractivity contribution in [1.29, 1.82) is 0 Å². The first-order valence-corrected chi connectivity index (χ1v) is 8.09. The molecule has 0 bridgehead atoms. The zero-order valence-corrected chi connectivity index (χ0v) is 13.3. The molecule has 0 unspecified atom stereocenters. The number of alkyl halides is 3. The zero-order chi connectivity index (χ0) is 17.2. The molecule has 0 spiro atoms. The van der Waals surface area contributed by atoms with Gasteiger partial charge in [0.05, 0.1) is 17.5 Å². The molecule has 2 aromatic rings. The number of H-pyrrole nitrogens is 1. The molecule has 1 aromatic carbocycles. The molecule has 24 heavy (non-hydrogen) atoms. The van der Waals surface area contributed by atoms with E-state index in [1.165, 1.54) is 12.1 Å². The Bertz CT molecular complexity index is 655. The van der Waals surface area contributed by atoms with Crippen molar-refractivity contribution in [3.8, 4) is 11.3 Å². The van der Waals surface area contributed by atoms with Crippen molar-refractivity contribution in [2.45, 2.75) is 25.6 Å². The van der Waals surface area contributed by atoms with Gasteiger partial charge in [0.15, 0.2) is 0 Å². The van der Waals surface area contributed by atoms with Crippen LogP contribution in [0.5, 0.6) is 0 Å². The number of hydrogen-bond acceptors (Lipinski definition) is 3. The predicted molar refractivity (Wildman–Crippen MR) is 86.1 cm³/mol. The third-order valence-corrected chi connectivity index (χ3v) is 4.65. The molecule has 3 rings (SSSR count). The SMILES string of the molecule is NCC1CCN(Cc2cn[nH]c2-c2ccc(C(F)(F)F)cc2)CC1. The van der Waals surface area contributed by atoms with E-state index < -0.39 is 11.7 Å². The molecule has 2 heterocycles. The van der Waals surface area contributed by atoms with E-state index in [0.717, 1.165) is 62.4 Å². The minimum absolute atomic E-state index is 0.597. The van der Waals surface area contributed by atoms with Crippen LogP contribution in [0.1, 0.15) is 24.0 Å². The second kappa shape index (κ2) is 6.94. The van der Waals surface area contributed by atoms with Gasteiger partial charge in [0.1, 0.15) is 0 Å². The van der Waals surface area contributed by atoms with E-state index in [0.29, 0.717) is 11.5 Å². The number of rotatable bonds is 4. The monoisotopic (exact) mass is 338 g/mol. The Balaban J connectivity index is 1.71. The molecule has 1 aromatic heterocycles. The Hall–Kier alpha value is -1.86. The fourth-order valence-electron chi connectivity index (χ4n) is 3.13. The highest BCUT2D eigenvalue weighted by atomic mass is 19.4. The third-order valence-electron chi connectivity index (χ3n) is 4.65. The number of aromatic amines is 1. The fraction of sp³-hybridized carbons (Fsp3) is 0.471. The Kier molecular flexibility index (Phi) is 4.91. The van der Waals surface area contributed by atoms with Gasteiger partial charge < -0.3 is 5.73 Å². The number of aromatic nitrogens is 2. The molecule has 0 radical (unpaired) electrons. The van der Waals surface area contributed by atoms with Gasteiger partial charge in [-0.1, -0.05) is 12.1 Å². The zero-order valence-electron chi connectivity index (χ0n) is 13.3. The number of likely N-dealkylation sites (tertiary alicyclic amines) is 1. The first-order chi connectivity index (χ1) is 11.5. The summed E-state index contributed by atoms with van der Waals surface area (Å²) in [5.41, 5.74) is 7.57. The summed E-state index contributed by atoms with van der Waals surface area (Å²) in [5, 5.41) is 6.98. The van der Waals surface area contributed by atoms with Gasteiger partial charge in [-0.15, -0.1) is 0 Å². The maximum atomic E-state index is 12.7. The van der Waals surface area contributed by atoms with Gasteiger partial charge in [0.2, 0.25) is 0 Å². The van der Waals surface area contributed by atoms with Crippen molar-refractivity contribution < 1.29 is 13.2 Å². The van der Waals surface area contributed by atoms with Gasteiger partial charge in [-0.3, -0.25) is 10.00 Å². The average molecular weight is 338 g/mol. The molecule has 130 valence electrons. The molecule has 0 atom stereocenters. The Morgan fingerprint density at radius 1 is 1.17 bits per heavy atom. The van der Waals surface area contributed by atoms with Crippen LogP contribution in [-0.2, 0) is 12.7 Å². The summed E-state index contributed by atoms with van der Waals surface area (Å²) in [6.45, 7) is 3.44. The second-order valence-corrected chi connectivity index (χ2v) is 6.30. The van der Waals surface area contributed by atoms with Crippen molar-refractivity contribution in [2.75, 3.05) is 19.6 Å². The van der Waals surface area contributed by atoms with Crippen molar-refractivity contribution in [2.24, 2.45) is 11.7 Å². The van der Waals surface area contributed by atoms with E-state index in [4.69, 9.17) is 5.73 Å². The summed E-state index contributed by atoms with van der Waals surface area (Å²) in [4.78, 5) is 2.34. The standard InChI is InChI=1S/C17H21F3N4/c18-17(19,20)15-3-1-13(2-4-15)16-14(10-22-23-16)11-24-7-5-12(9-21)6-8-24/h1-4,10,12H,5-9,11,21H2,(H,22,23). The van der Waals surface area contributed by atoms with Crippen LogP contribution in [0, 0.1) is 5.92 Å². The van der Waals surface area contributed by atoms with E-state index in [2.05, 4.69) is 15.1 Å². The van der Waals surface area contributed by atoms with Crippen LogP contribution in [0.25, 0.3) is 11.3 Å². The van der Waals surface area contributed by atoms with E-state index >= 15 is 0 Å². The van der Waals surface area contributed by atoms with E-state index in [1.54, 1.807) is 6.20 Å². The third kappa shape index (κ3) is 3.79. The van der Waals surface area contributed by atoms with Gasteiger partial charge in [-0.2, -0.15) is 18.3 Å². The lowest BCUT2D eigenvalue weighted by molar-refractivity contribution is -0.137. The Morgan fingerprint density at radius 3 is 2.42 bits per heavy atom. The van der Waals surface area contributed by atoms with Crippen molar-refractivity contribution >= 4 is 0 Å². The van der Waals surface area contributed by atoms with Gasteiger partial charge in [-0.05, 0) is 56.1 Å². The quantitative estimate of drug-likeness (QED) is 0.900. The first kappa shape index (κ1) is 17.0. The molecule has 1 fully saturated rings. The van der Waals surface area contributed by atoms with E-state index in [1.807, 2.05) is 0 Å². The lowest BCUT2D eigenvalue weighted by Crippen LogP contribution is -2.35. The maximum Gasteiger partial charge on any atom is 0.416 e.